The summed E-state index contributed by atoms with van der Waals surface area (Å²) < 4.78 is 43.3. The van der Waals surface area contributed by atoms with Crippen molar-refractivity contribution in [3.05, 3.63) is 17.5 Å². The van der Waals surface area contributed by atoms with Crippen molar-refractivity contribution in [1.29, 1.82) is 0 Å². The van der Waals surface area contributed by atoms with E-state index in [0.717, 1.165) is 0 Å². The van der Waals surface area contributed by atoms with E-state index < -0.39 is 11.9 Å². The topological polar surface area (TPSA) is 30.4 Å². The molecule has 3 nitrogen and oxygen atoms in total. The summed E-state index contributed by atoms with van der Waals surface area (Å²) in [5, 5.41) is 3.40. The quantitative estimate of drug-likeness (QED) is 0.684. The molecule has 2 rings (SSSR count). The highest BCUT2D eigenvalue weighted by atomic mass is 19.4. The van der Waals surface area contributed by atoms with Crippen molar-refractivity contribution < 1.29 is 17.9 Å². The summed E-state index contributed by atoms with van der Waals surface area (Å²) in [4.78, 5) is 0. The van der Waals surface area contributed by atoms with Gasteiger partial charge in [-0.2, -0.15) is 18.3 Å². The van der Waals surface area contributed by atoms with Crippen molar-refractivity contribution in [3.63, 3.8) is 0 Å². The van der Waals surface area contributed by atoms with Crippen LogP contribution < -0.4 is 0 Å². The molecular formula is C8H9F3N2O. The Kier molecular flexibility index (Phi) is 2.02. The Morgan fingerprint density at radius 2 is 2.29 bits per heavy atom. The molecule has 0 radical (unpaired) electrons. The lowest BCUT2D eigenvalue weighted by atomic mass is 10.1. The van der Waals surface area contributed by atoms with Crippen LogP contribution in [0.3, 0.4) is 0 Å². The third kappa shape index (κ3) is 1.89. The zero-order valence-electron chi connectivity index (χ0n) is 7.51. The summed E-state index contributed by atoms with van der Waals surface area (Å²) in [6.45, 7) is 0.548. The lowest BCUT2D eigenvalue weighted by Crippen LogP contribution is -2.10. The first-order chi connectivity index (χ1) is 6.47. The predicted octanol–water partition coefficient (Wildman–Crippen LogP) is 1.38. The maximum absolute atomic E-state index is 12.4. The van der Waals surface area contributed by atoms with Crippen LogP contribution in [0.25, 0.3) is 0 Å². The van der Waals surface area contributed by atoms with Gasteiger partial charge in [-0.15, -0.1) is 0 Å². The largest absolute Gasteiger partial charge is 0.435 e. The van der Waals surface area contributed by atoms with Gasteiger partial charge in [0.15, 0.2) is 5.69 Å². The number of hydrogen-bond donors (Lipinski definition) is 0. The molecule has 0 aromatic carbocycles. The third-order valence-electron chi connectivity index (χ3n) is 2.02. The first-order valence-corrected chi connectivity index (χ1v) is 4.18. The molecule has 0 spiro atoms. The second kappa shape index (κ2) is 2.98. The normalized spacial score (nSPS) is 21.3. The molecule has 6 heteroatoms. The first-order valence-electron chi connectivity index (χ1n) is 4.18. The molecule has 1 saturated heterocycles. The van der Waals surface area contributed by atoms with E-state index in [0.29, 0.717) is 13.0 Å². The summed E-state index contributed by atoms with van der Waals surface area (Å²) in [7, 11) is 1.48. The van der Waals surface area contributed by atoms with E-state index in [1.807, 2.05) is 0 Å². The lowest BCUT2D eigenvalue weighted by Gasteiger charge is -2.04. The Hall–Kier alpha value is -1.04. The fourth-order valence-electron chi connectivity index (χ4n) is 1.36. The van der Waals surface area contributed by atoms with Gasteiger partial charge >= 0.3 is 6.18 Å². The Labute approximate surface area is 78.5 Å². The molecule has 1 fully saturated rings. The van der Waals surface area contributed by atoms with Crippen molar-refractivity contribution in [3.8, 4) is 0 Å². The average Bonchev–Trinajstić information content (AvgIpc) is 2.73. The van der Waals surface area contributed by atoms with Crippen LogP contribution in [0.2, 0.25) is 0 Å². The average molecular weight is 206 g/mol. The fourth-order valence-corrected chi connectivity index (χ4v) is 1.36. The number of alkyl halides is 3. The van der Waals surface area contributed by atoms with E-state index >= 15 is 0 Å². The lowest BCUT2D eigenvalue weighted by molar-refractivity contribution is -0.142. The van der Waals surface area contributed by atoms with Gasteiger partial charge in [0, 0.05) is 25.2 Å². The highest BCUT2D eigenvalue weighted by Crippen LogP contribution is 2.32. The van der Waals surface area contributed by atoms with Gasteiger partial charge < -0.3 is 4.74 Å². The van der Waals surface area contributed by atoms with Crippen LogP contribution >= 0.6 is 0 Å². The van der Waals surface area contributed by atoms with Crippen LogP contribution in [0.5, 0.6) is 0 Å². The fraction of sp³-hybridized carbons (Fsp3) is 0.625. The summed E-state index contributed by atoms with van der Waals surface area (Å²) in [6, 6.07) is 0. The van der Waals surface area contributed by atoms with Gasteiger partial charge in [0.05, 0.1) is 12.7 Å². The monoisotopic (exact) mass is 206 g/mol. The predicted molar refractivity (Wildman–Crippen MR) is 41.7 cm³/mol. The minimum atomic E-state index is -4.37. The van der Waals surface area contributed by atoms with Crippen molar-refractivity contribution in [1.82, 2.24) is 9.78 Å². The molecular weight excluding hydrogens is 197 g/mol. The van der Waals surface area contributed by atoms with E-state index in [2.05, 4.69) is 5.10 Å². The van der Waals surface area contributed by atoms with Crippen molar-refractivity contribution in [2.24, 2.45) is 7.05 Å². The minimum absolute atomic E-state index is 0.0553. The number of rotatable bonds is 2. The van der Waals surface area contributed by atoms with Crippen LogP contribution in [0.4, 0.5) is 13.2 Å². The van der Waals surface area contributed by atoms with Crippen LogP contribution in [0.1, 0.15) is 11.3 Å². The van der Waals surface area contributed by atoms with Crippen molar-refractivity contribution in [2.45, 2.75) is 18.7 Å². The van der Waals surface area contributed by atoms with Crippen molar-refractivity contribution in [2.75, 3.05) is 6.61 Å². The Morgan fingerprint density at radius 1 is 1.64 bits per heavy atom. The Balaban J connectivity index is 2.27. The highest BCUT2D eigenvalue weighted by Gasteiger charge is 2.38. The maximum atomic E-state index is 12.4. The summed E-state index contributed by atoms with van der Waals surface area (Å²) in [5.41, 5.74) is -0.585. The zero-order chi connectivity index (χ0) is 10.3. The van der Waals surface area contributed by atoms with E-state index in [-0.39, 0.29) is 11.7 Å². The Morgan fingerprint density at radius 3 is 2.79 bits per heavy atom. The molecule has 14 heavy (non-hydrogen) atoms. The number of hydrogen-bond acceptors (Lipinski definition) is 2. The molecule has 0 bridgehead atoms. The van der Waals surface area contributed by atoms with Gasteiger partial charge in [0.25, 0.3) is 0 Å². The second-order valence-electron chi connectivity index (χ2n) is 3.33. The standard InChI is InChI=1S/C8H9F3N2O/c1-13-3-5(2-6-4-14-6)7(12-13)8(9,10)11/h3,6H,2,4H2,1H3. The summed E-state index contributed by atoms with van der Waals surface area (Å²) >= 11 is 0. The van der Waals surface area contributed by atoms with E-state index in [4.69, 9.17) is 4.74 Å². The molecule has 0 aliphatic carbocycles. The summed E-state index contributed by atoms with van der Waals surface area (Å²) in [6.07, 6.45) is -2.74. The SMILES string of the molecule is Cn1cc(CC2CO2)c(C(F)(F)F)n1. The van der Waals surface area contributed by atoms with Gasteiger partial charge in [-0.05, 0) is 0 Å². The Bertz CT molecular complexity index is 341. The van der Waals surface area contributed by atoms with Crippen LogP contribution in [-0.4, -0.2) is 22.5 Å². The molecule has 1 atom stereocenters. The van der Waals surface area contributed by atoms with Crippen LogP contribution in [0.15, 0.2) is 6.20 Å². The van der Waals surface area contributed by atoms with Gasteiger partial charge in [0.2, 0.25) is 0 Å². The molecule has 2 heterocycles. The number of aromatic nitrogens is 2. The maximum Gasteiger partial charge on any atom is 0.435 e. The summed E-state index contributed by atoms with van der Waals surface area (Å²) in [5.74, 6) is 0. The van der Waals surface area contributed by atoms with Gasteiger partial charge in [-0.3, -0.25) is 4.68 Å². The molecule has 1 aliphatic rings. The molecule has 0 N–H and O–H groups in total. The molecule has 1 aliphatic heterocycles. The van der Waals surface area contributed by atoms with Gasteiger partial charge in [-0.1, -0.05) is 0 Å². The smallest absolute Gasteiger partial charge is 0.373 e. The van der Waals surface area contributed by atoms with Crippen LogP contribution in [-0.2, 0) is 24.4 Å². The van der Waals surface area contributed by atoms with Gasteiger partial charge in [0.1, 0.15) is 0 Å². The zero-order valence-corrected chi connectivity index (χ0v) is 7.51. The minimum Gasteiger partial charge on any atom is -0.373 e. The van der Waals surface area contributed by atoms with E-state index in [9.17, 15) is 13.2 Å². The highest BCUT2D eigenvalue weighted by molar-refractivity contribution is 5.21. The van der Waals surface area contributed by atoms with E-state index in [1.165, 1.54) is 17.9 Å². The molecule has 1 unspecified atom stereocenters. The third-order valence-corrected chi connectivity index (χ3v) is 2.02. The first kappa shape index (κ1) is 9.51. The molecule has 0 saturated carbocycles. The molecule has 78 valence electrons. The second-order valence-corrected chi connectivity index (χ2v) is 3.33. The molecule has 0 amide bonds. The van der Waals surface area contributed by atoms with Gasteiger partial charge in [-0.25, -0.2) is 0 Å². The number of ether oxygens (including phenoxy) is 1. The van der Waals surface area contributed by atoms with Crippen LogP contribution in [0, 0.1) is 0 Å². The molecule has 1 aromatic heterocycles. The number of nitrogens with zero attached hydrogens (tertiary/aromatic N) is 2. The number of aryl methyl sites for hydroxylation is 1. The van der Waals surface area contributed by atoms with E-state index in [1.54, 1.807) is 0 Å². The number of halogens is 3. The number of epoxide rings is 1. The van der Waals surface area contributed by atoms with Crippen molar-refractivity contribution >= 4 is 0 Å². The molecule has 1 aromatic rings.